The van der Waals surface area contributed by atoms with E-state index in [4.69, 9.17) is 0 Å². The average Bonchev–Trinajstić information content (AvgIpc) is 3.30. The summed E-state index contributed by atoms with van der Waals surface area (Å²) in [5.41, 5.74) is -0.166. The first-order chi connectivity index (χ1) is 16.7. The summed E-state index contributed by atoms with van der Waals surface area (Å²) in [6.45, 7) is 1.15. The fourth-order valence-corrected chi connectivity index (χ4v) is 6.72. The second-order valence-electron chi connectivity index (χ2n) is 9.13. The lowest BCUT2D eigenvalue weighted by atomic mass is 9.88. The third kappa shape index (κ3) is 4.05. The van der Waals surface area contributed by atoms with E-state index < -0.39 is 45.8 Å². The van der Waals surface area contributed by atoms with Crippen LogP contribution in [0.15, 0.2) is 72.8 Å². The van der Waals surface area contributed by atoms with Crippen molar-refractivity contribution in [2.75, 3.05) is 23.0 Å². The molecule has 0 saturated carbocycles. The Labute approximate surface area is 203 Å². The van der Waals surface area contributed by atoms with E-state index in [1.807, 2.05) is 36.4 Å². The number of sulfone groups is 1. The summed E-state index contributed by atoms with van der Waals surface area (Å²) in [5.74, 6) is -1.19. The second kappa shape index (κ2) is 8.49. The molecule has 2 heterocycles. The van der Waals surface area contributed by atoms with E-state index in [9.17, 15) is 22.8 Å². The van der Waals surface area contributed by atoms with Crippen LogP contribution in [-0.2, 0) is 25.0 Å². The van der Waals surface area contributed by atoms with E-state index in [-0.39, 0.29) is 11.5 Å². The van der Waals surface area contributed by atoms with Crippen LogP contribution in [0.1, 0.15) is 18.9 Å². The molecule has 0 aromatic heterocycles. The van der Waals surface area contributed by atoms with Gasteiger partial charge in [0.2, 0.25) is 5.91 Å². The van der Waals surface area contributed by atoms with Crippen molar-refractivity contribution in [2.24, 2.45) is 0 Å². The third-order valence-corrected chi connectivity index (χ3v) is 8.52. The minimum Gasteiger partial charge on any atom is -0.319 e. The van der Waals surface area contributed by atoms with Gasteiger partial charge < -0.3 is 10.2 Å². The maximum absolute atomic E-state index is 13.6. The van der Waals surface area contributed by atoms with Crippen LogP contribution in [0.3, 0.4) is 0 Å². The van der Waals surface area contributed by atoms with Gasteiger partial charge in [0, 0.05) is 5.69 Å². The van der Waals surface area contributed by atoms with Crippen LogP contribution in [0, 0.1) is 0 Å². The molecule has 4 amide bonds. The van der Waals surface area contributed by atoms with E-state index in [0.29, 0.717) is 17.7 Å². The van der Waals surface area contributed by atoms with E-state index >= 15 is 0 Å². The van der Waals surface area contributed by atoms with Gasteiger partial charge in [-0.3, -0.25) is 14.5 Å². The molecule has 3 aromatic rings. The standard InChI is InChI=1S/C26H25N3O5S/c1-26(22-13-7-9-18-8-5-6-12-21(18)22)24(31)28(25(32)27-26)16-23(30)29(19-10-3-2-4-11-19)20-14-15-35(33,34)17-20/h2-13,20H,14-17H2,1H3,(H,27,32)/t20-,26-/m1/s1. The molecule has 0 spiro atoms. The predicted octanol–water partition coefficient (Wildman–Crippen LogP) is 2.83. The molecule has 3 aromatic carbocycles. The van der Waals surface area contributed by atoms with Crippen molar-refractivity contribution in [3.8, 4) is 0 Å². The van der Waals surface area contributed by atoms with Crippen molar-refractivity contribution in [1.82, 2.24) is 10.2 Å². The number of imide groups is 1. The summed E-state index contributed by atoms with van der Waals surface area (Å²) in [6, 6.07) is 20.7. The molecule has 35 heavy (non-hydrogen) atoms. The number of para-hydroxylation sites is 1. The normalized spacial score (nSPS) is 23.5. The van der Waals surface area contributed by atoms with Gasteiger partial charge in [-0.05, 0) is 41.8 Å². The molecule has 2 atom stereocenters. The number of hydrogen-bond acceptors (Lipinski definition) is 5. The zero-order chi connectivity index (χ0) is 24.8. The number of benzene rings is 3. The van der Waals surface area contributed by atoms with E-state index in [1.54, 1.807) is 43.3 Å². The highest BCUT2D eigenvalue weighted by molar-refractivity contribution is 7.91. The highest BCUT2D eigenvalue weighted by Crippen LogP contribution is 2.34. The van der Waals surface area contributed by atoms with E-state index in [1.165, 1.54) is 4.90 Å². The molecule has 1 N–H and O–H groups in total. The Kier molecular flexibility index (Phi) is 5.59. The number of nitrogens with one attached hydrogen (secondary N) is 1. The molecule has 180 valence electrons. The van der Waals surface area contributed by atoms with Crippen LogP contribution in [0.4, 0.5) is 10.5 Å². The molecule has 2 aliphatic rings. The van der Waals surface area contributed by atoms with E-state index in [0.717, 1.165) is 15.7 Å². The van der Waals surface area contributed by atoms with Gasteiger partial charge in [-0.25, -0.2) is 13.2 Å². The number of fused-ring (bicyclic) bond motifs is 1. The number of carbonyl (C=O) groups is 3. The van der Waals surface area contributed by atoms with Crippen LogP contribution in [0.5, 0.6) is 0 Å². The van der Waals surface area contributed by atoms with Crippen LogP contribution in [0.2, 0.25) is 0 Å². The maximum atomic E-state index is 13.6. The fraction of sp³-hybridized carbons (Fsp3) is 0.269. The van der Waals surface area contributed by atoms with Crippen LogP contribution >= 0.6 is 0 Å². The molecule has 9 heteroatoms. The smallest absolute Gasteiger partial charge is 0.319 e. The molecule has 2 aliphatic heterocycles. The Morgan fingerprint density at radius 2 is 1.71 bits per heavy atom. The summed E-state index contributed by atoms with van der Waals surface area (Å²) in [7, 11) is -3.26. The lowest BCUT2D eigenvalue weighted by molar-refractivity contribution is -0.134. The number of rotatable bonds is 5. The van der Waals surface area contributed by atoms with Gasteiger partial charge in [-0.2, -0.15) is 0 Å². The number of carbonyl (C=O) groups excluding carboxylic acids is 3. The molecule has 2 saturated heterocycles. The largest absolute Gasteiger partial charge is 0.325 e. The summed E-state index contributed by atoms with van der Waals surface area (Å²) in [6.07, 6.45) is 0.302. The Hall–Kier alpha value is -3.72. The van der Waals surface area contributed by atoms with Gasteiger partial charge >= 0.3 is 6.03 Å². The Morgan fingerprint density at radius 1 is 1.03 bits per heavy atom. The number of nitrogens with zero attached hydrogens (tertiary/aromatic N) is 2. The van der Waals surface area contributed by atoms with Crippen LogP contribution in [-0.4, -0.2) is 55.3 Å². The minimum atomic E-state index is -3.26. The zero-order valence-electron chi connectivity index (χ0n) is 19.2. The van der Waals surface area contributed by atoms with Crippen LogP contribution < -0.4 is 10.2 Å². The molecule has 8 nitrogen and oxygen atoms in total. The first kappa shape index (κ1) is 23.0. The third-order valence-electron chi connectivity index (χ3n) is 6.77. The van der Waals surface area contributed by atoms with Crippen molar-refractivity contribution in [3.05, 3.63) is 78.4 Å². The number of urea groups is 1. The Morgan fingerprint density at radius 3 is 2.43 bits per heavy atom. The van der Waals surface area contributed by atoms with Gasteiger partial charge in [-0.1, -0.05) is 60.7 Å². The molecular weight excluding hydrogens is 466 g/mol. The summed E-state index contributed by atoms with van der Waals surface area (Å²) < 4.78 is 24.3. The quantitative estimate of drug-likeness (QED) is 0.553. The molecule has 0 aliphatic carbocycles. The molecule has 5 rings (SSSR count). The van der Waals surface area contributed by atoms with Crippen molar-refractivity contribution in [2.45, 2.75) is 24.9 Å². The van der Waals surface area contributed by atoms with Crippen molar-refractivity contribution in [3.63, 3.8) is 0 Å². The highest BCUT2D eigenvalue weighted by atomic mass is 32.2. The second-order valence-corrected chi connectivity index (χ2v) is 11.4. The number of anilines is 1. The molecule has 2 fully saturated rings. The SMILES string of the molecule is C[C@]1(c2cccc3ccccc23)NC(=O)N(CC(=O)N(c2ccccc2)[C@@H]2CCS(=O)(=O)C2)C1=O. The lowest BCUT2D eigenvalue weighted by Gasteiger charge is -2.30. The van der Waals surface area contributed by atoms with Gasteiger partial charge in [-0.15, -0.1) is 0 Å². The zero-order valence-corrected chi connectivity index (χ0v) is 20.0. The minimum absolute atomic E-state index is 0.00341. The first-order valence-corrected chi connectivity index (χ1v) is 13.2. The number of hydrogen-bond donors (Lipinski definition) is 1. The Bertz CT molecular complexity index is 1430. The molecular formula is C26H25N3O5S. The highest BCUT2D eigenvalue weighted by Gasteiger charge is 2.50. The summed E-state index contributed by atoms with van der Waals surface area (Å²) >= 11 is 0. The predicted molar refractivity (Wildman–Crippen MR) is 133 cm³/mol. The summed E-state index contributed by atoms with van der Waals surface area (Å²) in [4.78, 5) is 42.4. The van der Waals surface area contributed by atoms with E-state index in [2.05, 4.69) is 5.32 Å². The van der Waals surface area contributed by atoms with Crippen LogP contribution in [0.25, 0.3) is 10.8 Å². The molecule has 0 unspecified atom stereocenters. The molecule has 0 bridgehead atoms. The Balaban J connectivity index is 1.45. The topological polar surface area (TPSA) is 104 Å². The van der Waals surface area contributed by atoms with Gasteiger partial charge in [0.1, 0.15) is 12.1 Å². The van der Waals surface area contributed by atoms with Crippen molar-refractivity contribution < 1.29 is 22.8 Å². The lowest BCUT2D eigenvalue weighted by Crippen LogP contribution is -2.48. The van der Waals surface area contributed by atoms with Gasteiger partial charge in [0.25, 0.3) is 5.91 Å². The molecule has 0 radical (unpaired) electrons. The fourth-order valence-electron chi connectivity index (χ4n) is 5.02. The number of amides is 4. The first-order valence-electron chi connectivity index (χ1n) is 11.4. The summed E-state index contributed by atoms with van der Waals surface area (Å²) in [5, 5.41) is 4.54. The van der Waals surface area contributed by atoms with Crippen molar-refractivity contribution >= 4 is 44.1 Å². The monoisotopic (exact) mass is 491 g/mol. The van der Waals surface area contributed by atoms with Gasteiger partial charge in [0.05, 0.1) is 17.5 Å². The average molecular weight is 492 g/mol. The van der Waals surface area contributed by atoms with Gasteiger partial charge in [0.15, 0.2) is 9.84 Å². The maximum Gasteiger partial charge on any atom is 0.325 e. The van der Waals surface area contributed by atoms with Crippen molar-refractivity contribution in [1.29, 1.82) is 0 Å².